The lowest BCUT2D eigenvalue weighted by Crippen LogP contribution is -2.07. The summed E-state index contributed by atoms with van der Waals surface area (Å²) < 4.78 is 66.0. The van der Waals surface area contributed by atoms with Gasteiger partial charge in [-0.15, -0.1) is 0 Å². The highest BCUT2D eigenvalue weighted by atomic mass is 32.2. The number of nitrogens with zero attached hydrogens (tertiary/aromatic N) is 2. The predicted octanol–water partition coefficient (Wildman–Crippen LogP) is 2.41. The van der Waals surface area contributed by atoms with Crippen LogP contribution in [-0.2, 0) is 20.2 Å². The zero-order valence-corrected chi connectivity index (χ0v) is 17.9. The van der Waals surface area contributed by atoms with Crippen molar-refractivity contribution in [2.75, 3.05) is 10.9 Å². The molecule has 32 heavy (non-hydrogen) atoms. The molecule has 3 aromatic rings. The van der Waals surface area contributed by atoms with Gasteiger partial charge in [-0.05, 0) is 48.5 Å². The molecule has 0 unspecified atom stereocenters. The van der Waals surface area contributed by atoms with Crippen molar-refractivity contribution >= 4 is 43.5 Å². The van der Waals surface area contributed by atoms with E-state index in [4.69, 9.17) is 0 Å². The Bertz CT molecular complexity index is 1340. The number of nitrogens with one attached hydrogen (secondary N) is 2. The quantitative estimate of drug-likeness (QED) is 0.287. The number of benzene rings is 3. The van der Waals surface area contributed by atoms with Crippen LogP contribution >= 0.6 is 0 Å². The van der Waals surface area contributed by atoms with Crippen molar-refractivity contribution < 1.29 is 25.9 Å². The molecule has 2 N–H and O–H groups in total. The van der Waals surface area contributed by atoms with Crippen molar-refractivity contribution in [1.82, 2.24) is 0 Å². The Hall–Kier alpha value is -3.58. The molecule has 0 aliphatic carbocycles. The lowest BCUT2D eigenvalue weighted by atomic mass is 10.1. The summed E-state index contributed by atoms with van der Waals surface area (Å²) in [6.45, 7) is 0. The molecular weight excluding hydrogens is 456 g/mol. The molecule has 0 spiro atoms. The minimum Gasteiger partial charge on any atom is -0.744 e. The number of hydrazone groups is 2. The van der Waals surface area contributed by atoms with Gasteiger partial charge in [0.1, 0.15) is 25.9 Å². The van der Waals surface area contributed by atoms with Crippen molar-refractivity contribution in [1.29, 1.82) is 0 Å². The van der Waals surface area contributed by atoms with Crippen molar-refractivity contribution in [2.45, 2.75) is 9.79 Å². The van der Waals surface area contributed by atoms with E-state index in [-0.39, 0.29) is 9.79 Å². The average molecular weight is 473 g/mol. The minimum absolute atomic E-state index is 0.349. The van der Waals surface area contributed by atoms with E-state index in [0.717, 1.165) is 5.56 Å². The second-order valence-corrected chi connectivity index (χ2v) is 9.06. The molecule has 0 atom stereocenters. The molecule has 166 valence electrons. The molecule has 0 amide bonds. The van der Waals surface area contributed by atoms with Crippen LogP contribution in [0.1, 0.15) is 5.56 Å². The normalized spacial score (nSPS) is 12.6. The highest BCUT2D eigenvalue weighted by Gasteiger charge is 2.04. The van der Waals surface area contributed by atoms with Gasteiger partial charge in [-0.2, -0.15) is 10.2 Å². The van der Waals surface area contributed by atoms with Gasteiger partial charge < -0.3 is 9.11 Å². The maximum atomic E-state index is 11.0. The number of rotatable bonds is 8. The summed E-state index contributed by atoms with van der Waals surface area (Å²) in [6.07, 6.45) is 1.41. The van der Waals surface area contributed by atoms with E-state index in [1.54, 1.807) is 12.1 Å². The van der Waals surface area contributed by atoms with Gasteiger partial charge >= 0.3 is 0 Å². The van der Waals surface area contributed by atoms with Crippen LogP contribution in [0.5, 0.6) is 0 Å². The Balaban J connectivity index is 1.77. The fourth-order valence-corrected chi connectivity index (χ4v) is 3.40. The first-order valence-electron chi connectivity index (χ1n) is 8.93. The molecule has 0 saturated carbocycles. The standard InChI is InChI=1S/C20H18N4O6S2/c25-31(26,27)18-10-6-16(7-11-18)22-21-14-20(15-4-2-1-3-5-15)24-23-17-8-12-19(13-9-17)32(28,29)30/h1-14,22-23H,(H,25,26,27)(H,28,29,30)/p-2/b21-14+,24-20-. The van der Waals surface area contributed by atoms with Gasteiger partial charge in [-0.3, -0.25) is 10.9 Å². The Morgan fingerprint density at radius 1 is 0.688 bits per heavy atom. The van der Waals surface area contributed by atoms with Gasteiger partial charge in [0.05, 0.1) is 27.4 Å². The van der Waals surface area contributed by atoms with Gasteiger partial charge in [0.15, 0.2) is 0 Å². The van der Waals surface area contributed by atoms with Crippen molar-refractivity contribution in [3.05, 3.63) is 84.4 Å². The molecule has 0 radical (unpaired) electrons. The first-order valence-corrected chi connectivity index (χ1v) is 11.7. The average Bonchev–Trinajstić information content (AvgIpc) is 2.76. The molecule has 0 aliphatic heterocycles. The zero-order valence-electron chi connectivity index (χ0n) is 16.2. The fraction of sp³-hybridized carbons (Fsp3) is 0. The largest absolute Gasteiger partial charge is 0.744 e. The molecule has 0 heterocycles. The second-order valence-electron chi connectivity index (χ2n) is 6.30. The molecule has 3 aromatic carbocycles. The van der Waals surface area contributed by atoms with Crippen LogP contribution in [0.2, 0.25) is 0 Å². The van der Waals surface area contributed by atoms with Gasteiger partial charge in [-0.1, -0.05) is 30.3 Å². The van der Waals surface area contributed by atoms with Crippen molar-refractivity contribution in [3.8, 4) is 0 Å². The van der Waals surface area contributed by atoms with Gasteiger partial charge in [0.2, 0.25) is 0 Å². The second kappa shape index (κ2) is 9.70. The minimum atomic E-state index is -4.54. The molecule has 10 nitrogen and oxygen atoms in total. The molecule has 12 heteroatoms. The highest BCUT2D eigenvalue weighted by Crippen LogP contribution is 2.15. The van der Waals surface area contributed by atoms with E-state index in [1.807, 2.05) is 18.2 Å². The zero-order chi connectivity index (χ0) is 23.2. The van der Waals surface area contributed by atoms with Gasteiger partial charge in [0.25, 0.3) is 0 Å². The third-order valence-electron chi connectivity index (χ3n) is 4.04. The molecule has 0 bridgehead atoms. The van der Waals surface area contributed by atoms with Crippen LogP contribution < -0.4 is 10.9 Å². The summed E-state index contributed by atoms with van der Waals surface area (Å²) >= 11 is 0. The Labute approximate surface area is 184 Å². The molecule has 0 aliphatic rings. The van der Waals surface area contributed by atoms with Crippen LogP contribution in [-0.4, -0.2) is 37.9 Å². The lowest BCUT2D eigenvalue weighted by molar-refractivity contribution is 0.461. The predicted molar refractivity (Wildman–Crippen MR) is 118 cm³/mol. The lowest BCUT2D eigenvalue weighted by Gasteiger charge is -2.08. The molecular formula is C20H16N4O6S2-2. The summed E-state index contributed by atoms with van der Waals surface area (Å²) in [5.74, 6) is 0. The molecule has 0 aromatic heterocycles. The van der Waals surface area contributed by atoms with Crippen LogP contribution in [0.15, 0.2) is 98.9 Å². The SMILES string of the molecule is O=S(=O)([O-])c1ccc(N/N=C/C(=N/Nc2ccc(S(=O)(=O)[O-])cc2)c2ccccc2)cc1. The molecule has 0 fully saturated rings. The molecule has 0 saturated heterocycles. The Kier molecular flexibility index (Phi) is 7.00. The summed E-state index contributed by atoms with van der Waals surface area (Å²) in [4.78, 5) is -0.699. The number of anilines is 2. The summed E-state index contributed by atoms with van der Waals surface area (Å²) in [5.41, 5.74) is 7.50. The highest BCUT2D eigenvalue weighted by molar-refractivity contribution is 7.86. The third-order valence-corrected chi connectivity index (χ3v) is 5.74. The summed E-state index contributed by atoms with van der Waals surface area (Å²) in [5, 5.41) is 8.34. The van der Waals surface area contributed by atoms with Gasteiger partial charge in [-0.25, -0.2) is 16.8 Å². The topological polar surface area (TPSA) is 163 Å². The fourth-order valence-electron chi connectivity index (χ4n) is 2.46. The molecule has 3 rings (SSSR count). The summed E-state index contributed by atoms with van der Waals surface area (Å²) in [6, 6.07) is 19.3. The van der Waals surface area contributed by atoms with E-state index in [1.165, 1.54) is 54.7 Å². The van der Waals surface area contributed by atoms with E-state index < -0.39 is 20.2 Å². The van der Waals surface area contributed by atoms with E-state index in [9.17, 15) is 25.9 Å². The van der Waals surface area contributed by atoms with Crippen LogP contribution in [0, 0.1) is 0 Å². The first kappa shape index (κ1) is 23.1. The van der Waals surface area contributed by atoms with E-state index >= 15 is 0 Å². The van der Waals surface area contributed by atoms with Crippen molar-refractivity contribution in [2.24, 2.45) is 10.2 Å². The van der Waals surface area contributed by atoms with Crippen LogP contribution in [0.4, 0.5) is 11.4 Å². The van der Waals surface area contributed by atoms with E-state index in [0.29, 0.717) is 17.1 Å². The summed E-state index contributed by atoms with van der Waals surface area (Å²) in [7, 11) is -9.07. The smallest absolute Gasteiger partial charge is 0.124 e. The Morgan fingerprint density at radius 2 is 1.16 bits per heavy atom. The Morgan fingerprint density at radius 3 is 1.62 bits per heavy atom. The van der Waals surface area contributed by atoms with E-state index in [2.05, 4.69) is 21.1 Å². The van der Waals surface area contributed by atoms with Crippen molar-refractivity contribution in [3.63, 3.8) is 0 Å². The third kappa shape index (κ3) is 6.46. The maximum absolute atomic E-state index is 11.0. The van der Waals surface area contributed by atoms with Crippen LogP contribution in [0.3, 0.4) is 0 Å². The monoisotopic (exact) mass is 472 g/mol. The van der Waals surface area contributed by atoms with Gasteiger partial charge in [0, 0.05) is 5.56 Å². The number of hydrogen-bond donors (Lipinski definition) is 2. The van der Waals surface area contributed by atoms with Crippen LogP contribution in [0.25, 0.3) is 0 Å². The number of hydrogen-bond acceptors (Lipinski definition) is 10. The maximum Gasteiger partial charge on any atom is 0.124 e. The first-order chi connectivity index (χ1) is 15.1.